The molecule has 2 heterocycles. The second-order valence-electron chi connectivity index (χ2n) is 5.45. The molecule has 1 aliphatic heterocycles. The summed E-state index contributed by atoms with van der Waals surface area (Å²) in [6.07, 6.45) is 4.98. The van der Waals surface area contributed by atoms with Gasteiger partial charge in [0.15, 0.2) is 0 Å². The predicted molar refractivity (Wildman–Crippen MR) is 82.0 cm³/mol. The molecule has 0 aliphatic carbocycles. The number of nitrogens with two attached hydrogens (primary N) is 1. The fourth-order valence-corrected chi connectivity index (χ4v) is 3.11. The van der Waals surface area contributed by atoms with Crippen molar-refractivity contribution in [3.05, 3.63) is 48.0 Å². The molecule has 1 aromatic heterocycles. The third-order valence-corrected chi connectivity index (χ3v) is 4.21. The normalized spacial score (nSPS) is 17.5. The van der Waals surface area contributed by atoms with Crippen molar-refractivity contribution in [2.45, 2.75) is 25.8 Å². The maximum absolute atomic E-state index is 5.75. The van der Waals surface area contributed by atoms with E-state index in [0.29, 0.717) is 5.92 Å². The zero-order chi connectivity index (χ0) is 13.9. The van der Waals surface area contributed by atoms with E-state index in [-0.39, 0.29) is 0 Å². The number of benzene rings is 1. The predicted octanol–water partition coefficient (Wildman–Crippen LogP) is 2.14. The average molecular weight is 270 g/mol. The van der Waals surface area contributed by atoms with Gasteiger partial charge in [0, 0.05) is 43.6 Å². The van der Waals surface area contributed by atoms with Gasteiger partial charge in [-0.25, -0.2) is 4.98 Å². The lowest BCUT2D eigenvalue weighted by atomic mass is 9.98. The molecular weight excluding hydrogens is 248 g/mol. The number of hydrogen-bond acceptors (Lipinski definition) is 3. The van der Waals surface area contributed by atoms with Crippen LogP contribution in [0.25, 0.3) is 0 Å². The Morgan fingerprint density at radius 2 is 2.15 bits per heavy atom. The molecule has 0 saturated carbocycles. The number of nitrogens with zero attached hydrogens (tertiary/aromatic N) is 3. The molecule has 4 heteroatoms. The van der Waals surface area contributed by atoms with Gasteiger partial charge in [-0.3, -0.25) is 0 Å². The highest BCUT2D eigenvalue weighted by Crippen LogP contribution is 2.37. The molecular formula is C16H22N4. The van der Waals surface area contributed by atoms with Gasteiger partial charge in [0.05, 0.1) is 0 Å². The Hall–Kier alpha value is -1.81. The van der Waals surface area contributed by atoms with E-state index in [1.54, 1.807) is 0 Å². The molecule has 1 atom stereocenters. The van der Waals surface area contributed by atoms with Gasteiger partial charge in [0.1, 0.15) is 5.82 Å². The Kier molecular flexibility index (Phi) is 3.74. The van der Waals surface area contributed by atoms with E-state index >= 15 is 0 Å². The number of anilines is 1. The van der Waals surface area contributed by atoms with Crippen LogP contribution in [-0.4, -0.2) is 29.2 Å². The monoisotopic (exact) mass is 270 g/mol. The van der Waals surface area contributed by atoms with Gasteiger partial charge in [0.25, 0.3) is 0 Å². The molecule has 1 aromatic carbocycles. The summed E-state index contributed by atoms with van der Waals surface area (Å²) in [4.78, 5) is 6.76. The number of rotatable bonds is 5. The van der Waals surface area contributed by atoms with Crippen molar-refractivity contribution in [1.82, 2.24) is 9.55 Å². The van der Waals surface area contributed by atoms with Crippen LogP contribution in [0.2, 0.25) is 0 Å². The Morgan fingerprint density at radius 1 is 1.30 bits per heavy atom. The van der Waals surface area contributed by atoms with Gasteiger partial charge < -0.3 is 15.2 Å². The Labute approximate surface area is 120 Å². The van der Waals surface area contributed by atoms with E-state index in [1.807, 2.05) is 6.20 Å². The number of aryl methyl sites for hydroxylation is 1. The first kappa shape index (κ1) is 13.2. The molecule has 0 amide bonds. The van der Waals surface area contributed by atoms with Crippen LogP contribution in [0.1, 0.15) is 23.7 Å². The van der Waals surface area contributed by atoms with Crippen LogP contribution >= 0.6 is 0 Å². The number of imidazole rings is 1. The lowest BCUT2D eigenvalue weighted by Gasteiger charge is -2.20. The van der Waals surface area contributed by atoms with Crippen LogP contribution in [0.3, 0.4) is 0 Å². The smallest absolute Gasteiger partial charge is 0.105 e. The molecule has 3 rings (SSSR count). The van der Waals surface area contributed by atoms with Crippen molar-refractivity contribution < 1.29 is 0 Å². The van der Waals surface area contributed by atoms with Crippen molar-refractivity contribution in [3.8, 4) is 0 Å². The van der Waals surface area contributed by atoms with E-state index < -0.39 is 0 Å². The van der Waals surface area contributed by atoms with Crippen molar-refractivity contribution in [2.75, 3.05) is 24.5 Å². The van der Waals surface area contributed by atoms with Crippen molar-refractivity contribution in [2.24, 2.45) is 5.73 Å². The number of aromatic nitrogens is 2. The summed E-state index contributed by atoms with van der Waals surface area (Å²) in [6.45, 7) is 5.90. The first-order chi connectivity index (χ1) is 9.79. The molecule has 4 nitrogen and oxygen atoms in total. The van der Waals surface area contributed by atoms with Crippen molar-refractivity contribution >= 4 is 5.69 Å². The fraction of sp³-hybridized carbons (Fsp3) is 0.438. The van der Waals surface area contributed by atoms with Crippen molar-refractivity contribution in [3.63, 3.8) is 0 Å². The summed E-state index contributed by atoms with van der Waals surface area (Å²) in [5, 5.41) is 0. The average Bonchev–Trinajstić information content (AvgIpc) is 3.02. The SMILES string of the molecule is Cc1nccn1CCN1CC(CCN)c2ccccc21. The topological polar surface area (TPSA) is 47.1 Å². The first-order valence-corrected chi connectivity index (χ1v) is 7.31. The highest BCUT2D eigenvalue weighted by molar-refractivity contribution is 5.60. The molecule has 2 aromatic rings. The van der Waals surface area contributed by atoms with Crippen LogP contribution in [-0.2, 0) is 6.54 Å². The molecule has 106 valence electrons. The maximum Gasteiger partial charge on any atom is 0.105 e. The highest BCUT2D eigenvalue weighted by atomic mass is 15.2. The van der Waals surface area contributed by atoms with E-state index in [4.69, 9.17) is 5.73 Å². The Balaban J connectivity index is 1.73. The number of para-hydroxylation sites is 1. The lowest BCUT2D eigenvalue weighted by Crippen LogP contribution is -2.27. The van der Waals surface area contributed by atoms with Crippen LogP contribution in [0.4, 0.5) is 5.69 Å². The summed E-state index contributed by atoms with van der Waals surface area (Å²) >= 11 is 0. The van der Waals surface area contributed by atoms with E-state index in [2.05, 4.69) is 51.8 Å². The molecule has 0 bridgehead atoms. The minimum atomic E-state index is 0.583. The first-order valence-electron chi connectivity index (χ1n) is 7.31. The standard InChI is InChI=1S/C16H22N4/c1-13-18-8-9-19(13)10-11-20-12-14(6-7-17)15-4-2-3-5-16(15)20/h2-5,8-9,14H,6-7,10-12,17H2,1H3. The van der Waals surface area contributed by atoms with Gasteiger partial charge in [-0.2, -0.15) is 0 Å². The Morgan fingerprint density at radius 3 is 2.90 bits per heavy atom. The highest BCUT2D eigenvalue weighted by Gasteiger charge is 2.27. The minimum Gasteiger partial charge on any atom is -0.369 e. The zero-order valence-electron chi connectivity index (χ0n) is 12.0. The molecule has 2 N–H and O–H groups in total. The van der Waals surface area contributed by atoms with E-state index in [9.17, 15) is 0 Å². The molecule has 1 aliphatic rings. The number of fused-ring (bicyclic) bond motifs is 1. The molecule has 20 heavy (non-hydrogen) atoms. The third kappa shape index (κ3) is 2.43. The third-order valence-electron chi connectivity index (χ3n) is 4.21. The Bertz CT molecular complexity index is 575. The molecule has 0 spiro atoms. The molecule has 1 unspecified atom stereocenters. The van der Waals surface area contributed by atoms with E-state index in [1.165, 1.54) is 11.3 Å². The lowest BCUT2D eigenvalue weighted by molar-refractivity contribution is 0.607. The van der Waals surface area contributed by atoms with Crippen LogP contribution in [0.5, 0.6) is 0 Å². The van der Waals surface area contributed by atoms with Gasteiger partial charge in [-0.15, -0.1) is 0 Å². The van der Waals surface area contributed by atoms with Crippen molar-refractivity contribution in [1.29, 1.82) is 0 Å². The summed E-state index contributed by atoms with van der Waals surface area (Å²) < 4.78 is 2.21. The zero-order valence-corrected chi connectivity index (χ0v) is 12.0. The van der Waals surface area contributed by atoms with Crippen LogP contribution < -0.4 is 10.6 Å². The maximum atomic E-state index is 5.75. The summed E-state index contributed by atoms with van der Waals surface area (Å²) in [7, 11) is 0. The summed E-state index contributed by atoms with van der Waals surface area (Å²) in [5.74, 6) is 1.66. The van der Waals surface area contributed by atoms with Gasteiger partial charge in [-0.05, 0) is 31.5 Å². The minimum absolute atomic E-state index is 0.583. The largest absolute Gasteiger partial charge is 0.369 e. The van der Waals surface area contributed by atoms with Gasteiger partial charge in [-0.1, -0.05) is 18.2 Å². The quantitative estimate of drug-likeness (QED) is 0.905. The van der Waals surface area contributed by atoms with E-state index in [0.717, 1.165) is 38.4 Å². The summed E-state index contributed by atoms with van der Waals surface area (Å²) in [6, 6.07) is 8.73. The van der Waals surface area contributed by atoms with Crippen LogP contribution in [0.15, 0.2) is 36.7 Å². The van der Waals surface area contributed by atoms with Gasteiger partial charge in [0.2, 0.25) is 0 Å². The fourth-order valence-electron chi connectivity index (χ4n) is 3.11. The number of hydrogen-bond donors (Lipinski definition) is 1. The molecule has 0 saturated heterocycles. The molecule has 0 fully saturated rings. The van der Waals surface area contributed by atoms with Crippen LogP contribution in [0, 0.1) is 6.92 Å². The van der Waals surface area contributed by atoms with Gasteiger partial charge >= 0.3 is 0 Å². The second kappa shape index (κ2) is 5.67. The second-order valence-corrected chi connectivity index (χ2v) is 5.45. The molecule has 0 radical (unpaired) electrons. The summed E-state index contributed by atoms with van der Waals surface area (Å²) in [5.41, 5.74) is 8.59.